The maximum atomic E-state index is 12.5. The minimum Gasteiger partial charge on any atom is -0.495 e. The summed E-state index contributed by atoms with van der Waals surface area (Å²) in [5, 5.41) is 2.84. The van der Waals surface area contributed by atoms with E-state index in [1.807, 2.05) is 12.1 Å². The lowest BCUT2D eigenvalue weighted by Gasteiger charge is -2.14. The Hall–Kier alpha value is -2.69. The number of methoxy groups -OCH3 is 2. The Morgan fingerprint density at radius 1 is 1.00 bits per heavy atom. The third kappa shape index (κ3) is 4.41. The van der Waals surface area contributed by atoms with Gasteiger partial charge in [-0.2, -0.15) is 0 Å². The summed E-state index contributed by atoms with van der Waals surface area (Å²) in [6.45, 7) is 4.73. The molecule has 0 atom stereocenters. The third-order valence-corrected chi connectivity index (χ3v) is 3.35. The van der Waals surface area contributed by atoms with Gasteiger partial charge < -0.3 is 19.5 Å². The molecule has 0 aliphatic heterocycles. The summed E-state index contributed by atoms with van der Waals surface area (Å²) in [4.78, 5) is 12.5. The summed E-state index contributed by atoms with van der Waals surface area (Å²) in [5.74, 6) is 1.93. The molecule has 2 aromatic carbocycles. The number of para-hydroxylation sites is 2. The summed E-state index contributed by atoms with van der Waals surface area (Å²) in [5.41, 5.74) is 1.10. The van der Waals surface area contributed by atoms with Crippen molar-refractivity contribution in [3.05, 3.63) is 48.0 Å². The first-order chi connectivity index (χ1) is 11.5. The summed E-state index contributed by atoms with van der Waals surface area (Å²) in [7, 11) is 3.12. The number of nitrogens with one attached hydrogen (secondary N) is 1. The van der Waals surface area contributed by atoms with Gasteiger partial charge in [-0.1, -0.05) is 26.0 Å². The molecule has 0 radical (unpaired) electrons. The quantitative estimate of drug-likeness (QED) is 0.834. The standard InChI is InChI=1S/C19H23NO4/c1-13(2)12-24-17-10-9-14(11-18(17)23-4)19(21)20-15-7-5-6-8-16(15)22-3/h5-11,13H,12H2,1-4H3,(H,20,21). The van der Waals surface area contributed by atoms with Crippen LogP contribution in [-0.2, 0) is 0 Å². The number of anilines is 1. The van der Waals surface area contributed by atoms with E-state index in [1.54, 1.807) is 44.6 Å². The van der Waals surface area contributed by atoms with Gasteiger partial charge in [-0.05, 0) is 36.2 Å². The SMILES string of the molecule is COc1ccccc1NC(=O)c1ccc(OCC(C)C)c(OC)c1. The molecule has 0 aliphatic carbocycles. The maximum absolute atomic E-state index is 12.5. The summed E-state index contributed by atoms with van der Waals surface area (Å²) in [6.07, 6.45) is 0. The Kier molecular flexibility index (Phi) is 6.07. The Balaban J connectivity index is 2.17. The van der Waals surface area contributed by atoms with Crippen molar-refractivity contribution < 1.29 is 19.0 Å². The average Bonchev–Trinajstić information content (AvgIpc) is 2.60. The molecule has 0 bridgehead atoms. The number of carbonyl (C=O) groups excluding carboxylic acids is 1. The van der Waals surface area contributed by atoms with Crippen molar-refractivity contribution in [1.29, 1.82) is 0 Å². The second kappa shape index (κ2) is 8.24. The Labute approximate surface area is 142 Å². The van der Waals surface area contributed by atoms with E-state index >= 15 is 0 Å². The van der Waals surface area contributed by atoms with E-state index in [-0.39, 0.29) is 5.91 Å². The lowest BCUT2D eigenvalue weighted by Crippen LogP contribution is -2.13. The van der Waals surface area contributed by atoms with Crippen LogP contribution in [-0.4, -0.2) is 26.7 Å². The zero-order chi connectivity index (χ0) is 17.5. The van der Waals surface area contributed by atoms with E-state index < -0.39 is 0 Å². The van der Waals surface area contributed by atoms with Crippen molar-refractivity contribution in [1.82, 2.24) is 0 Å². The van der Waals surface area contributed by atoms with Gasteiger partial charge in [-0.25, -0.2) is 0 Å². The molecule has 0 fully saturated rings. The Bertz CT molecular complexity index is 698. The molecule has 128 valence electrons. The van der Waals surface area contributed by atoms with E-state index in [9.17, 15) is 4.79 Å². The van der Waals surface area contributed by atoms with Gasteiger partial charge in [-0.3, -0.25) is 4.79 Å². The molecule has 0 saturated carbocycles. The van der Waals surface area contributed by atoms with Crippen molar-refractivity contribution in [3.8, 4) is 17.2 Å². The zero-order valence-corrected chi connectivity index (χ0v) is 14.5. The molecule has 0 spiro atoms. The lowest BCUT2D eigenvalue weighted by atomic mass is 10.1. The molecule has 0 saturated heterocycles. The minimum atomic E-state index is -0.242. The highest BCUT2D eigenvalue weighted by Gasteiger charge is 2.13. The first-order valence-corrected chi connectivity index (χ1v) is 7.80. The van der Waals surface area contributed by atoms with Crippen LogP contribution in [0.15, 0.2) is 42.5 Å². The number of amides is 1. The van der Waals surface area contributed by atoms with Crippen LogP contribution in [0.2, 0.25) is 0 Å². The first kappa shape index (κ1) is 17.7. The van der Waals surface area contributed by atoms with Gasteiger partial charge >= 0.3 is 0 Å². The second-order valence-electron chi connectivity index (χ2n) is 5.72. The van der Waals surface area contributed by atoms with Crippen LogP contribution in [0, 0.1) is 5.92 Å². The van der Waals surface area contributed by atoms with Gasteiger partial charge in [0.2, 0.25) is 0 Å². The number of hydrogen-bond acceptors (Lipinski definition) is 4. The number of carbonyl (C=O) groups is 1. The van der Waals surface area contributed by atoms with Crippen LogP contribution in [0.4, 0.5) is 5.69 Å². The van der Waals surface area contributed by atoms with Crippen molar-refractivity contribution in [2.24, 2.45) is 5.92 Å². The van der Waals surface area contributed by atoms with Gasteiger partial charge in [0.1, 0.15) is 5.75 Å². The molecule has 0 unspecified atom stereocenters. The second-order valence-corrected chi connectivity index (χ2v) is 5.72. The van der Waals surface area contributed by atoms with E-state index in [0.29, 0.717) is 41.0 Å². The van der Waals surface area contributed by atoms with Gasteiger partial charge in [-0.15, -0.1) is 0 Å². The number of hydrogen-bond donors (Lipinski definition) is 1. The first-order valence-electron chi connectivity index (χ1n) is 7.80. The Morgan fingerprint density at radius 3 is 2.38 bits per heavy atom. The summed E-state index contributed by atoms with van der Waals surface area (Å²) in [6, 6.07) is 12.4. The molecule has 24 heavy (non-hydrogen) atoms. The average molecular weight is 329 g/mol. The van der Waals surface area contributed by atoms with E-state index in [0.717, 1.165) is 0 Å². The van der Waals surface area contributed by atoms with E-state index in [1.165, 1.54) is 0 Å². The largest absolute Gasteiger partial charge is 0.495 e. The third-order valence-electron chi connectivity index (χ3n) is 3.35. The number of rotatable bonds is 7. The van der Waals surface area contributed by atoms with E-state index in [4.69, 9.17) is 14.2 Å². The molecule has 5 heteroatoms. The van der Waals surface area contributed by atoms with Crippen LogP contribution >= 0.6 is 0 Å². The van der Waals surface area contributed by atoms with Gasteiger partial charge in [0.05, 0.1) is 26.5 Å². The summed E-state index contributed by atoms with van der Waals surface area (Å²) >= 11 is 0. The molecule has 0 heterocycles. The smallest absolute Gasteiger partial charge is 0.255 e. The fourth-order valence-electron chi connectivity index (χ4n) is 2.13. The predicted molar refractivity (Wildman–Crippen MR) is 94.3 cm³/mol. The van der Waals surface area contributed by atoms with Crippen LogP contribution < -0.4 is 19.5 Å². The monoisotopic (exact) mass is 329 g/mol. The molecule has 5 nitrogen and oxygen atoms in total. The van der Waals surface area contributed by atoms with Crippen molar-refractivity contribution in [3.63, 3.8) is 0 Å². The number of benzene rings is 2. The molecule has 2 aromatic rings. The molecule has 1 N–H and O–H groups in total. The van der Waals surface area contributed by atoms with Gasteiger partial charge in [0.25, 0.3) is 5.91 Å². The zero-order valence-electron chi connectivity index (χ0n) is 14.5. The molecular formula is C19H23NO4. The molecule has 2 rings (SSSR count). The van der Waals surface area contributed by atoms with Crippen molar-refractivity contribution in [2.75, 3.05) is 26.1 Å². The minimum absolute atomic E-state index is 0.242. The van der Waals surface area contributed by atoms with Crippen LogP contribution in [0.1, 0.15) is 24.2 Å². The van der Waals surface area contributed by atoms with Crippen LogP contribution in [0.25, 0.3) is 0 Å². The van der Waals surface area contributed by atoms with E-state index in [2.05, 4.69) is 19.2 Å². The highest BCUT2D eigenvalue weighted by Crippen LogP contribution is 2.29. The topological polar surface area (TPSA) is 56.8 Å². The predicted octanol–water partition coefficient (Wildman–Crippen LogP) is 3.99. The maximum Gasteiger partial charge on any atom is 0.255 e. The fourth-order valence-corrected chi connectivity index (χ4v) is 2.13. The van der Waals surface area contributed by atoms with Crippen LogP contribution in [0.5, 0.6) is 17.2 Å². The fraction of sp³-hybridized carbons (Fsp3) is 0.316. The molecule has 0 aromatic heterocycles. The van der Waals surface area contributed by atoms with Crippen molar-refractivity contribution in [2.45, 2.75) is 13.8 Å². The normalized spacial score (nSPS) is 10.4. The highest BCUT2D eigenvalue weighted by molar-refractivity contribution is 6.05. The Morgan fingerprint density at radius 2 is 1.71 bits per heavy atom. The highest BCUT2D eigenvalue weighted by atomic mass is 16.5. The summed E-state index contributed by atoms with van der Waals surface area (Å²) < 4.78 is 16.3. The molecular weight excluding hydrogens is 306 g/mol. The van der Waals surface area contributed by atoms with Gasteiger partial charge in [0.15, 0.2) is 11.5 Å². The molecule has 0 aliphatic rings. The molecule has 1 amide bonds. The van der Waals surface area contributed by atoms with Gasteiger partial charge in [0, 0.05) is 5.56 Å². The van der Waals surface area contributed by atoms with Crippen molar-refractivity contribution >= 4 is 11.6 Å². The number of ether oxygens (including phenoxy) is 3. The lowest BCUT2D eigenvalue weighted by molar-refractivity contribution is 0.102. The van der Waals surface area contributed by atoms with Crippen LogP contribution in [0.3, 0.4) is 0 Å².